The first kappa shape index (κ1) is 22.1. The van der Waals surface area contributed by atoms with E-state index < -0.39 is 24.9 Å². The van der Waals surface area contributed by atoms with Crippen LogP contribution in [0.4, 0.5) is 23.7 Å². The summed E-state index contributed by atoms with van der Waals surface area (Å²) in [7, 11) is 0. The summed E-state index contributed by atoms with van der Waals surface area (Å²) in [6.07, 6.45) is -1.63. The van der Waals surface area contributed by atoms with Gasteiger partial charge < -0.3 is 15.1 Å². The van der Waals surface area contributed by atoms with Crippen molar-refractivity contribution in [2.24, 2.45) is 0 Å². The molecule has 0 saturated carbocycles. The number of nitrogens with one attached hydrogen (secondary N) is 1. The molecule has 2 aromatic rings. The first-order valence-electron chi connectivity index (χ1n) is 10.7. The Kier molecular flexibility index (Phi) is 6.34. The Bertz CT molecular complexity index is 944. The van der Waals surface area contributed by atoms with E-state index in [4.69, 9.17) is 0 Å². The van der Waals surface area contributed by atoms with Crippen LogP contribution in [0.2, 0.25) is 0 Å². The van der Waals surface area contributed by atoms with Crippen LogP contribution in [-0.2, 0) is 4.79 Å². The van der Waals surface area contributed by atoms with E-state index in [0.717, 1.165) is 11.1 Å². The van der Waals surface area contributed by atoms with Gasteiger partial charge in [-0.05, 0) is 35.7 Å². The number of urea groups is 1. The average Bonchev–Trinajstić information content (AvgIpc) is 3.22. The number of pyridine rings is 1. The molecule has 2 aliphatic rings. The van der Waals surface area contributed by atoms with E-state index in [9.17, 15) is 22.8 Å². The number of amides is 3. The van der Waals surface area contributed by atoms with Crippen molar-refractivity contribution >= 4 is 17.6 Å². The Morgan fingerprint density at radius 1 is 1.00 bits per heavy atom. The lowest BCUT2D eigenvalue weighted by molar-refractivity contribution is -0.148. The third kappa shape index (κ3) is 5.38. The lowest BCUT2D eigenvalue weighted by atomic mass is 9.93. The summed E-state index contributed by atoms with van der Waals surface area (Å²) in [5, 5.41) is 2.89. The molecule has 6 nitrogen and oxygen atoms in total. The molecule has 1 atom stereocenters. The Morgan fingerprint density at radius 3 is 2.38 bits per heavy atom. The second-order valence-electron chi connectivity index (χ2n) is 8.38. The van der Waals surface area contributed by atoms with Gasteiger partial charge in [-0.1, -0.05) is 18.2 Å². The number of nitrogens with zero attached hydrogens (tertiary/aromatic N) is 3. The summed E-state index contributed by atoms with van der Waals surface area (Å²) in [5.41, 5.74) is 2.82. The number of alkyl halides is 3. The smallest absolute Gasteiger partial charge is 0.342 e. The zero-order valence-corrected chi connectivity index (χ0v) is 17.5. The lowest BCUT2D eigenvalue weighted by Crippen LogP contribution is -2.50. The van der Waals surface area contributed by atoms with Crippen LogP contribution < -0.4 is 5.32 Å². The molecule has 3 heterocycles. The van der Waals surface area contributed by atoms with Crippen LogP contribution in [0.1, 0.15) is 42.2 Å². The SMILES string of the molecule is O=C(CCC(F)(F)F)N1CCC(c2ccc(NC(=O)N3CC(c4cccnc4)C3)cc2)C1. The second kappa shape index (κ2) is 9.18. The van der Waals surface area contributed by atoms with Crippen LogP contribution in [0.15, 0.2) is 48.8 Å². The van der Waals surface area contributed by atoms with Crippen molar-refractivity contribution in [1.29, 1.82) is 0 Å². The standard InChI is InChI=1S/C23H25F3N4O2/c24-23(25,26)9-7-21(31)29-11-8-18(13-29)16-3-5-20(6-4-16)28-22(32)30-14-19(15-30)17-2-1-10-27-12-17/h1-6,10,12,18-19H,7-9,11,13-15H2,(H,28,32). The fourth-order valence-electron chi connectivity index (χ4n) is 4.18. The summed E-state index contributed by atoms with van der Waals surface area (Å²) in [4.78, 5) is 31.8. The predicted molar refractivity (Wildman–Crippen MR) is 113 cm³/mol. The summed E-state index contributed by atoms with van der Waals surface area (Å²) in [6, 6.07) is 11.2. The molecule has 170 valence electrons. The monoisotopic (exact) mass is 446 g/mol. The van der Waals surface area contributed by atoms with E-state index in [-0.39, 0.29) is 11.9 Å². The molecule has 1 N–H and O–H groups in total. The maximum atomic E-state index is 12.4. The molecule has 2 fully saturated rings. The normalized spacial score (nSPS) is 19.0. The molecule has 0 radical (unpaired) electrons. The van der Waals surface area contributed by atoms with Crippen LogP contribution >= 0.6 is 0 Å². The summed E-state index contributed by atoms with van der Waals surface area (Å²) in [5.74, 6) is -0.0564. The van der Waals surface area contributed by atoms with Gasteiger partial charge in [0, 0.05) is 62.5 Å². The average molecular weight is 446 g/mol. The number of benzene rings is 1. The molecule has 4 rings (SSSR count). The minimum atomic E-state index is -4.31. The molecule has 1 aromatic carbocycles. The van der Waals surface area contributed by atoms with E-state index in [1.54, 1.807) is 11.1 Å². The highest BCUT2D eigenvalue weighted by Gasteiger charge is 2.33. The first-order valence-corrected chi connectivity index (χ1v) is 10.7. The van der Waals surface area contributed by atoms with E-state index in [0.29, 0.717) is 44.2 Å². The number of carbonyl (C=O) groups is 2. The molecule has 0 spiro atoms. The maximum Gasteiger partial charge on any atom is 0.389 e. The Labute approximate surface area is 184 Å². The minimum Gasteiger partial charge on any atom is -0.342 e. The van der Waals surface area contributed by atoms with Gasteiger partial charge >= 0.3 is 12.2 Å². The van der Waals surface area contributed by atoms with E-state index >= 15 is 0 Å². The van der Waals surface area contributed by atoms with Crippen molar-refractivity contribution in [1.82, 2.24) is 14.8 Å². The largest absolute Gasteiger partial charge is 0.389 e. The van der Waals surface area contributed by atoms with Crippen molar-refractivity contribution in [3.63, 3.8) is 0 Å². The topological polar surface area (TPSA) is 65.5 Å². The molecule has 0 aliphatic carbocycles. The molecule has 0 bridgehead atoms. The predicted octanol–water partition coefficient (Wildman–Crippen LogP) is 4.37. The van der Waals surface area contributed by atoms with Gasteiger partial charge in [-0.15, -0.1) is 0 Å². The molecule has 2 saturated heterocycles. The number of aromatic nitrogens is 1. The molecule has 1 aromatic heterocycles. The number of anilines is 1. The lowest BCUT2D eigenvalue weighted by Gasteiger charge is -2.39. The van der Waals surface area contributed by atoms with Crippen molar-refractivity contribution in [2.75, 3.05) is 31.5 Å². The number of hydrogen-bond acceptors (Lipinski definition) is 3. The quantitative estimate of drug-likeness (QED) is 0.742. The van der Waals surface area contributed by atoms with Crippen molar-refractivity contribution in [3.05, 3.63) is 59.9 Å². The van der Waals surface area contributed by atoms with Crippen molar-refractivity contribution in [3.8, 4) is 0 Å². The van der Waals surface area contributed by atoms with Crippen molar-refractivity contribution < 1.29 is 22.8 Å². The first-order chi connectivity index (χ1) is 15.3. The van der Waals surface area contributed by atoms with Crippen molar-refractivity contribution in [2.45, 2.75) is 37.3 Å². The number of hydrogen-bond donors (Lipinski definition) is 1. The highest BCUT2D eigenvalue weighted by Crippen LogP contribution is 2.30. The number of rotatable bonds is 5. The Morgan fingerprint density at radius 2 is 1.72 bits per heavy atom. The second-order valence-corrected chi connectivity index (χ2v) is 8.38. The fraction of sp³-hybridized carbons (Fsp3) is 0.435. The summed E-state index contributed by atoms with van der Waals surface area (Å²) >= 11 is 0. The van der Waals surface area contributed by atoms with E-state index in [2.05, 4.69) is 10.3 Å². The fourth-order valence-corrected chi connectivity index (χ4v) is 4.18. The van der Waals surface area contributed by atoms with Crippen LogP contribution in [-0.4, -0.2) is 59.1 Å². The molecular weight excluding hydrogens is 421 g/mol. The Hall–Kier alpha value is -3.10. The molecule has 3 amide bonds. The van der Waals surface area contributed by atoms with Gasteiger partial charge in [0.25, 0.3) is 0 Å². The number of likely N-dealkylation sites (tertiary alicyclic amines) is 2. The highest BCUT2D eigenvalue weighted by atomic mass is 19.4. The zero-order chi connectivity index (χ0) is 22.7. The van der Waals surface area contributed by atoms with Gasteiger partial charge in [-0.3, -0.25) is 9.78 Å². The number of halogens is 3. The molecule has 2 aliphatic heterocycles. The summed E-state index contributed by atoms with van der Waals surface area (Å²) < 4.78 is 37.0. The molecule has 32 heavy (non-hydrogen) atoms. The van der Waals surface area contributed by atoms with Crippen LogP contribution in [0, 0.1) is 0 Å². The van der Waals surface area contributed by atoms with E-state index in [1.807, 2.05) is 42.6 Å². The van der Waals surface area contributed by atoms with E-state index in [1.165, 1.54) is 4.90 Å². The van der Waals surface area contributed by atoms with Gasteiger partial charge in [0.05, 0.1) is 6.42 Å². The van der Waals surface area contributed by atoms with Gasteiger partial charge in [0.1, 0.15) is 0 Å². The Balaban J connectivity index is 1.24. The highest BCUT2D eigenvalue weighted by molar-refractivity contribution is 5.90. The van der Waals surface area contributed by atoms with Gasteiger partial charge in [-0.25, -0.2) is 4.79 Å². The van der Waals surface area contributed by atoms with Crippen LogP contribution in [0.25, 0.3) is 0 Å². The van der Waals surface area contributed by atoms with Gasteiger partial charge in [0.15, 0.2) is 0 Å². The third-order valence-electron chi connectivity index (χ3n) is 6.12. The number of carbonyl (C=O) groups excluding carboxylic acids is 2. The van der Waals surface area contributed by atoms with Crippen LogP contribution in [0.3, 0.4) is 0 Å². The third-order valence-corrected chi connectivity index (χ3v) is 6.12. The summed E-state index contributed by atoms with van der Waals surface area (Å²) in [6.45, 7) is 2.19. The van der Waals surface area contributed by atoms with Gasteiger partial charge in [0.2, 0.25) is 5.91 Å². The van der Waals surface area contributed by atoms with Gasteiger partial charge in [-0.2, -0.15) is 13.2 Å². The van der Waals surface area contributed by atoms with Crippen LogP contribution in [0.5, 0.6) is 0 Å². The molecule has 9 heteroatoms. The maximum absolute atomic E-state index is 12.4. The molecule has 1 unspecified atom stereocenters. The molecular formula is C23H25F3N4O2. The minimum absolute atomic E-state index is 0.0882. The zero-order valence-electron chi connectivity index (χ0n) is 17.5.